The van der Waals surface area contributed by atoms with Crippen molar-refractivity contribution < 1.29 is 14.2 Å². The van der Waals surface area contributed by atoms with Crippen LogP contribution in [0.25, 0.3) is 0 Å². The largest absolute Gasteiger partial charge is 0.493 e. The zero-order valence-corrected chi connectivity index (χ0v) is 12.5. The van der Waals surface area contributed by atoms with E-state index in [1.165, 1.54) is 0 Å². The molecule has 4 nitrogen and oxygen atoms in total. The minimum Gasteiger partial charge on any atom is -0.493 e. The van der Waals surface area contributed by atoms with E-state index in [0.717, 1.165) is 6.42 Å². The van der Waals surface area contributed by atoms with Crippen molar-refractivity contribution in [3.8, 4) is 17.2 Å². The lowest BCUT2D eigenvalue weighted by atomic mass is 10.0. The third kappa shape index (κ3) is 4.03. The number of hydrogen-bond donors (Lipinski definition) is 1. The van der Waals surface area contributed by atoms with Gasteiger partial charge in [0.2, 0.25) is 5.75 Å². The molecule has 1 aromatic rings. The summed E-state index contributed by atoms with van der Waals surface area (Å²) in [6, 6.07) is 5.93. The van der Waals surface area contributed by atoms with Gasteiger partial charge in [-0.25, -0.2) is 0 Å². The molecule has 0 spiro atoms. The Morgan fingerprint density at radius 1 is 1.16 bits per heavy atom. The highest BCUT2D eigenvalue weighted by Gasteiger charge is 2.17. The van der Waals surface area contributed by atoms with Gasteiger partial charge in [0.15, 0.2) is 11.5 Å². The summed E-state index contributed by atoms with van der Waals surface area (Å²) < 4.78 is 16.5. The number of nitrogens with one attached hydrogen (secondary N) is 1. The number of rotatable bonds is 8. The Balaban J connectivity index is 2.80. The Hall–Kier alpha value is -1.42. The molecule has 0 aliphatic rings. The lowest BCUT2D eigenvalue weighted by Crippen LogP contribution is -2.37. The molecule has 1 aromatic carbocycles. The second-order valence-electron chi connectivity index (χ2n) is 4.58. The Bertz CT molecular complexity index is 359. The Kier molecular flexibility index (Phi) is 6.50. The summed E-state index contributed by atoms with van der Waals surface area (Å²) in [4.78, 5) is 0. The molecule has 4 heteroatoms. The smallest absolute Gasteiger partial charge is 0.203 e. The summed E-state index contributed by atoms with van der Waals surface area (Å²) in [5.74, 6) is 2.60. The monoisotopic (exact) mass is 267 g/mol. The number of para-hydroxylation sites is 1. The standard InChI is InChI=1S/C15H25NO3/c1-6-11(2)12(16-3)10-19-15-13(17-4)8-7-9-14(15)18-5/h7-9,11-12,16H,6,10H2,1-5H3. The van der Waals surface area contributed by atoms with Crippen LogP contribution in [0.1, 0.15) is 20.3 Å². The van der Waals surface area contributed by atoms with Gasteiger partial charge in [-0.3, -0.25) is 0 Å². The molecule has 108 valence electrons. The molecule has 0 radical (unpaired) electrons. The molecule has 0 saturated heterocycles. The fourth-order valence-electron chi connectivity index (χ4n) is 1.95. The molecule has 0 aliphatic carbocycles. The minimum absolute atomic E-state index is 0.305. The van der Waals surface area contributed by atoms with E-state index in [1.807, 2.05) is 25.2 Å². The van der Waals surface area contributed by atoms with Crippen LogP contribution in [0.2, 0.25) is 0 Å². The Morgan fingerprint density at radius 3 is 2.16 bits per heavy atom. The van der Waals surface area contributed by atoms with E-state index in [0.29, 0.717) is 35.8 Å². The second kappa shape index (κ2) is 7.89. The lowest BCUT2D eigenvalue weighted by Gasteiger charge is -2.23. The molecule has 2 atom stereocenters. The van der Waals surface area contributed by atoms with E-state index in [2.05, 4.69) is 19.2 Å². The zero-order chi connectivity index (χ0) is 14.3. The van der Waals surface area contributed by atoms with Crippen molar-refractivity contribution in [1.82, 2.24) is 5.32 Å². The summed E-state index contributed by atoms with van der Waals surface area (Å²) in [5, 5.41) is 3.29. The summed E-state index contributed by atoms with van der Waals surface area (Å²) >= 11 is 0. The molecule has 0 aliphatic heterocycles. The van der Waals surface area contributed by atoms with Crippen molar-refractivity contribution >= 4 is 0 Å². The average Bonchev–Trinajstić information content (AvgIpc) is 2.47. The molecular weight excluding hydrogens is 242 g/mol. The van der Waals surface area contributed by atoms with Gasteiger partial charge in [0, 0.05) is 6.04 Å². The van der Waals surface area contributed by atoms with Gasteiger partial charge in [0.25, 0.3) is 0 Å². The quantitative estimate of drug-likeness (QED) is 0.786. The first-order chi connectivity index (χ1) is 9.17. The van der Waals surface area contributed by atoms with Crippen molar-refractivity contribution in [2.24, 2.45) is 5.92 Å². The maximum absolute atomic E-state index is 5.91. The van der Waals surface area contributed by atoms with Crippen molar-refractivity contribution in [2.75, 3.05) is 27.9 Å². The van der Waals surface area contributed by atoms with E-state index in [-0.39, 0.29) is 0 Å². The maximum Gasteiger partial charge on any atom is 0.203 e. The predicted molar refractivity (Wildman–Crippen MR) is 77.3 cm³/mol. The first kappa shape index (κ1) is 15.6. The van der Waals surface area contributed by atoms with Crippen LogP contribution in [0.4, 0.5) is 0 Å². The van der Waals surface area contributed by atoms with Gasteiger partial charge >= 0.3 is 0 Å². The van der Waals surface area contributed by atoms with E-state index in [9.17, 15) is 0 Å². The Morgan fingerprint density at radius 2 is 1.74 bits per heavy atom. The average molecular weight is 267 g/mol. The summed E-state index contributed by atoms with van der Waals surface area (Å²) in [6.45, 7) is 4.98. The van der Waals surface area contributed by atoms with Gasteiger partial charge in [-0.15, -0.1) is 0 Å². The molecule has 0 saturated carbocycles. The highest BCUT2D eigenvalue weighted by atomic mass is 16.5. The molecule has 19 heavy (non-hydrogen) atoms. The Labute approximate surface area is 116 Å². The first-order valence-electron chi connectivity index (χ1n) is 6.68. The van der Waals surface area contributed by atoms with Crippen molar-refractivity contribution in [3.05, 3.63) is 18.2 Å². The topological polar surface area (TPSA) is 39.7 Å². The highest BCUT2D eigenvalue weighted by molar-refractivity contribution is 5.51. The molecular formula is C15H25NO3. The fraction of sp³-hybridized carbons (Fsp3) is 0.600. The minimum atomic E-state index is 0.305. The normalized spacial score (nSPS) is 13.7. The SMILES string of the molecule is CCC(C)C(COc1c(OC)cccc1OC)NC. The molecule has 2 unspecified atom stereocenters. The van der Waals surface area contributed by atoms with Crippen molar-refractivity contribution in [1.29, 1.82) is 0 Å². The van der Waals surface area contributed by atoms with Crippen LogP contribution in [-0.4, -0.2) is 33.9 Å². The third-order valence-electron chi connectivity index (χ3n) is 3.49. The van der Waals surface area contributed by atoms with Crippen molar-refractivity contribution in [3.63, 3.8) is 0 Å². The molecule has 0 amide bonds. The van der Waals surface area contributed by atoms with Gasteiger partial charge < -0.3 is 19.5 Å². The molecule has 0 aromatic heterocycles. The van der Waals surface area contributed by atoms with Crippen LogP contribution in [0.5, 0.6) is 17.2 Å². The van der Waals surface area contributed by atoms with Gasteiger partial charge in [-0.2, -0.15) is 0 Å². The second-order valence-corrected chi connectivity index (χ2v) is 4.58. The zero-order valence-electron chi connectivity index (χ0n) is 12.5. The van der Waals surface area contributed by atoms with Gasteiger partial charge in [-0.1, -0.05) is 26.3 Å². The molecule has 0 bridgehead atoms. The van der Waals surface area contributed by atoms with E-state index in [1.54, 1.807) is 14.2 Å². The molecule has 0 heterocycles. The highest BCUT2D eigenvalue weighted by Crippen LogP contribution is 2.36. The fourth-order valence-corrected chi connectivity index (χ4v) is 1.95. The molecule has 0 fully saturated rings. The predicted octanol–water partition coefficient (Wildman–Crippen LogP) is 2.72. The van der Waals surface area contributed by atoms with E-state index in [4.69, 9.17) is 14.2 Å². The van der Waals surface area contributed by atoms with Crippen LogP contribution in [0.3, 0.4) is 0 Å². The molecule has 1 rings (SSSR count). The lowest BCUT2D eigenvalue weighted by molar-refractivity contribution is 0.212. The summed E-state index contributed by atoms with van der Waals surface area (Å²) in [5.41, 5.74) is 0. The van der Waals surface area contributed by atoms with E-state index >= 15 is 0 Å². The number of hydrogen-bond acceptors (Lipinski definition) is 4. The van der Waals surface area contributed by atoms with Crippen molar-refractivity contribution in [2.45, 2.75) is 26.3 Å². The third-order valence-corrected chi connectivity index (χ3v) is 3.49. The number of benzene rings is 1. The number of methoxy groups -OCH3 is 2. The number of likely N-dealkylation sites (N-methyl/N-ethyl adjacent to an activating group) is 1. The maximum atomic E-state index is 5.91. The van der Waals surface area contributed by atoms with Gasteiger partial charge in [0.1, 0.15) is 6.61 Å². The van der Waals surface area contributed by atoms with Crippen LogP contribution < -0.4 is 19.5 Å². The summed E-state index contributed by atoms with van der Waals surface area (Å²) in [7, 11) is 5.22. The van der Waals surface area contributed by atoms with Crippen LogP contribution in [-0.2, 0) is 0 Å². The van der Waals surface area contributed by atoms with E-state index < -0.39 is 0 Å². The molecule has 1 N–H and O–H groups in total. The first-order valence-corrected chi connectivity index (χ1v) is 6.68. The van der Waals surface area contributed by atoms with Gasteiger partial charge in [-0.05, 0) is 25.1 Å². The summed E-state index contributed by atoms with van der Waals surface area (Å²) in [6.07, 6.45) is 1.11. The van der Waals surface area contributed by atoms with Crippen LogP contribution in [0, 0.1) is 5.92 Å². The van der Waals surface area contributed by atoms with Crippen LogP contribution in [0.15, 0.2) is 18.2 Å². The van der Waals surface area contributed by atoms with Gasteiger partial charge in [0.05, 0.1) is 14.2 Å². The number of ether oxygens (including phenoxy) is 3. The van der Waals surface area contributed by atoms with Crippen LogP contribution >= 0.6 is 0 Å².